The van der Waals surface area contributed by atoms with Crippen molar-refractivity contribution in [2.75, 3.05) is 19.7 Å². The van der Waals surface area contributed by atoms with E-state index in [0.717, 1.165) is 47.6 Å². The van der Waals surface area contributed by atoms with Crippen LogP contribution in [-0.4, -0.2) is 40.5 Å². The normalized spacial score (nSPS) is 17.4. The molecule has 1 unspecified atom stereocenters. The minimum atomic E-state index is 0.0362. The van der Waals surface area contributed by atoms with Gasteiger partial charge in [0.25, 0.3) is 5.91 Å². The number of carbonyl (C=O) groups excluding carboxylic acids is 1. The molecule has 0 spiro atoms. The summed E-state index contributed by atoms with van der Waals surface area (Å²) in [6.45, 7) is 3.54. The predicted octanol–water partition coefficient (Wildman–Crippen LogP) is 3.66. The van der Waals surface area contributed by atoms with Crippen molar-refractivity contribution >= 4 is 16.9 Å². The number of benzene rings is 2. The van der Waals surface area contributed by atoms with Crippen LogP contribution in [0, 0.1) is 6.92 Å². The smallest absolute Gasteiger partial charge is 0.260 e. The molecule has 134 valence electrons. The van der Waals surface area contributed by atoms with Crippen LogP contribution in [0.1, 0.15) is 30.1 Å². The predicted molar refractivity (Wildman–Crippen MR) is 101 cm³/mol. The number of piperidine rings is 1. The standard InChI is InChI=1S/C21H23N3O2/c1-15-7-2-5-11-19(15)26-14-20(25)24-12-6-8-16(13-24)21-22-17-9-3-4-10-18(17)23-21/h2-5,7,9-11,16H,6,8,12-14H2,1H3,(H,22,23). The Labute approximate surface area is 153 Å². The zero-order valence-corrected chi connectivity index (χ0v) is 14.9. The van der Waals surface area contributed by atoms with Crippen LogP contribution in [0.3, 0.4) is 0 Å². The molecular weight excluding hydrogens is 326 g/mol. The number of carbonyl (C=O) groups is 1. The van der Waals surface area contributed by atoms with Gasteiger partial charge in [0.15, 0.2) is 6.61 Å². The zero-order valence-electron chi connectivity index (χ0n) is 14.9. The molecule has 1 fully saturated rings. The highest BCUT2D eigenvalue weighted by Crippen LogP contribution is 2.27. The van der Waals surface area contributed by atoms with Gasteiger partial charge in [-0.15, -0.1) is 0 Å². The Morgan fingerprint density at radius 3 is 2.88 bits per heavy atom. The van der Waals surface area contributed by atoms with Crippen molar-refractivity contribution < 1.29 is 9.53 Å². The lowest BCUT2D eigenvalue weighted by Crippen LogP contribution is -2.41. The Kier molecular flexibility index (Phi) is 4.61. The fourth-order valence-electron chi connectivity index (χ4n) is 3.54. The van der Waals surface area contributed by atoms with Crippen molar-refractivity contribution in [1.82, 2.24) is 14.9 Å². The lowest BCUT2D eigenvalue weighted by molar-refractivity contribution is -0.134. The van der Waals surface area contributed by atoms with Gasteiger partial charge >= 0.3 is 0 Å². The molecule has 1 amide bonds. The highest BCUT2D eigenvalue weighted by Gasteiger charge is 2.27. The van der Waals surface area contributed by atoms with Crippen molar-refractivity contribution in [3.63, 3.8) is 0 Å². The first kappa shape index (κ1) is 16.6. The minimum Gasteiger partial charge on any atom is -0.484 e. The number of ether oxygens (including phenoxy) is 1. The van der Waals surface area contributed by atoms with E-state index >= 15 is 0 Å². The van der Waals surface area contributed by atoms with E-state index in [1.165, 1.54) is 0 Å². The molecule has 5 heteroatoms. The number of para-hydroxylation sites is 3. The van der Waals surface area contributed by atoms with Crippen LogP contribution in [0.25, 0.3) is 11.0 Å². The van der Waals surface area contributed by atoms with E-state index in [4.69, 9.17) is 9.72 Å². The summed E-state index contributed by atoms with van der Waals surface area (Å²) < 4.78 is 5.73. The van der Waals surface area contributed by atoms with Gasteiger partial charge in [0, 0.05) is 19.0 Å². The Morgan fingerprint density at radius 2 is 2.04 bits per heavy atom. The molecule has 26 heavy (non-hydrogen) atoms. The van der Waals surface area contributed by atoms with Crippen LogP contribution >= 0.6 is 0 Å². The number of amides is 1. The second-order valence-electron chi connectivity index (χ2n) is 6.87. The molecule has 0 aliphatic carbocycles. The number of fused-ring (bicyclic) bond motifs is 1. The summed E-state index contributed by atoms with van der Waals surface area (Å²) in [4.78, 5) is 22.6. The number of aromatic nitrogens is 2. The number of aryl methyl sites for hydroxylation is 1. The maximum Gasteiger partial charge on any atom is 0.260 e. The monoisotopic (exact) mass is 349 g/mol. The number of nitrogens with one attached hydrogen (secondary N) is 1. The summed E-state index contributed by atoms with van der Waals surface area (Å²) >= 11 is 0. The van der Waals surface area contributed by atoms with E-state index in [0.29, 0.717) is 6.54 Å². The molecule has 0 saturated carbocycles. The van der Waals surface area contributed by atoms with Gasteiger partial charge < -0.3 is 14.6 Å². The number of H-pyrrole nitrogens is 1. The molecule has 1 aromatic heterocycles. The highest BCUT2D eigenvalue weighted by atomic mass is 16.5. The van der Waals surface area contributed by atoms with E-state index < -0.39 is 0 Å². The minimum absolute atomic E-state index is 0.0362. The highest BCUT2D eigenvalue weighted by molar-refractivity contribution is 5.78. The maximum atomic E-state index is 12.6. The third-order valence-corrected chi connectivity index (χ3v) is 5.01. The molecule has 1 atom stereocenters. The average molecular weight is 349 g/mol. The number of hydrogen-bond acceptors (Lipinski definition) is 3. The van der Waals surface area contributed by atoms with Crippen LogP contribution in [-0.2, 0) is 4.79 Å². The number of rotatable bonds is 4. The fraction of sp³-hybridized carbons (Fsp3) is 0.333. The second-order valence-corrected chi connectivity index (χ2v) is 6.87. The average Bonchev–Trinajstić information content (AvgIpc) is 3.11. The number of aromatic amines is 1. The first-order valence-electron chi connectivity index (χ1n) is 9.11. The largest absolute Gasteiger partial charge is 0.484 e. The van der Waals surface area contributed by atoms with Crippen LogP contribution in [0.5, 0.6) is 5.75 Å². The molecule has 1 aliphatic rings. The van der Waals surface area contributed by atoms with Crippen molar-refractivity contribution in [2.24, 2.45) is 0 Å². The molecule has 1 aliphatic heterocycles. The third kappa shape index (κ3) is 3.43. The number of nitrogens with zero attached hydrogens (tertiary/aromatic N) is 2. The fourth-order valence-corrected chi connectivity index (χ4v) is 3.54. The summed E-state index contributed by atoms with van der Waals surface area (Å²) in [5.41, 5.74) is 3.07. The Hall–Kier alpha value is -2.82. The van der Waals surface area contributed by atoms with Crippen molar-refractivity contribution in [3.05, 3.63) is 59.9 Å². The summed E-state index contributed by atoms with van der Waals surface area (Å²) in [5.74, 6) is 2.03. The second kappa shape index (κ2) is 7.20. The van der Waals surface area contributed by atoms with Crippen LogP contribution in [0.15, 0.2) is 48.5 Å². The maximum absolute atomic E-state index is 12.6. The Morgan fingerprint density at radius 1 is 1.23 bits per heavy atom. The van der Waals surface area contributed by atoms with E-state index in [-0.39, 0.29) is 18.4 Å². The van der Waals surface area contributed by atoms with Crippen molar-refractivity contribution in [1.29, 1.82) is 0 Å². The van der Waals surface area contributed by atoms with Gasteiger partial charge in [-0.1, -0.05) is 30.3 Å². The molecule has 5 nitrogen and oxygen atoms in total. The van der Waals surface area contributed by atoms with Crippen molar-refractivity contribution in [2.45, 2.75) is 25.7 Å². The van der Waals surface area contributed by atoms with E-state index in [9.17, 15) is 4.79 Å². The van der Waals surface area contributed by atoms with E-state index in [2.05, 4.69) is 4.98 Å². The van der Waals surface area contributed by atoms with Gasteiger partial charge in [-0.25, -0.2) is 4.98 Å². The topological polar surface area (TPSA) is 58.2 Å². The van der Waals surface area contributed by atoms with E-state index in [1.807, 2.05) is 60.4 Å². The molecule has 0 bridgehead atoms. The van der Waals surface area contributed by atoms with Crippen molar-refractivity contribution in [3.8, 4) is 5.75 Å². The SMILES string of the molecule is Cc1ccccc1OCC(=O)N1CCCC(c2nc3ccccc3[nH]2)C1. The van der Waals surface area contributed by atoms with Gasteiger partial charge in [0.2, 0.25) is 0 Å². The molecule has 1 N–H and O–H groups in total. The summed E-state index contributed by atoms with van der Waals surface area (Å²) in [6.07, 6.45) is 2.03. The molecule has 4 rings (SSSR count). The molecule has 1 saturated heterocycles. The molecule has 2 aromatic carbocycles. The van der Waals surface area contributed by atoms with Gasteiger partial charge in [-0.05, 0) is 43.5 Å². The summed E-state index contributed by atoms with van der Waals surface area (Å²) in [7, 11) is 0. The quantitative estimate of drug-likeness (QED) is 0.782. The third-order valence-electron chi connectivity index (χ3n) is 5.01. The zero-order chi connectivity index (χ0) is 17.9. The van der Waals surface area contributed by atoms with Crippen LogP contribution in [0.2, 0.25) is 0 Å². The van der Waals surface area contributed by atoms with Gasteiger partial charge in [-0.2, -0.15) is 0 Å². The first-order chi connectivity index (χ1) is 12.7. The lowest BCUT2D eigenvalue weighted by Gasteiger charge is -2.31. The lowest BCUT2D eigenvalue weighted by atomic mass is 9.97. The van der Waals surface area contributed by atoms with Crippen LogP contribution < -0.4 is 4.74 Å². The molecular formula is C21H23N3O2. The van der Waals surface area contributed by atoms with Gasteiger partial charge in [0.05, 0.1) is 11.0 Å². The Bertz CT molecular complexity index is 885. The Balaban J connectivity index is 1.41. The number of imidazole rings is 1. The van der Waals surface area contributed by atoms with Crippen LogP contribution in [0.4, 0.5) is 0 Å². The molecule has 2 heterocycles. The molecule has 0 radical (unpaired) electrons. The number of hydrogen-bond donors (Lipinski definition) is 1. The summed E-state index contributed by atoms with van der Waals surface area (Å²) in [5, 5.41) is 0. The number of likely N-dealkylation sites (tertiary alicyclic amines) is 1. The van der Waals surface area contributed by atoms with Gasteiger partial charge in [0.1, 0.15) is 11.6 Å². The molecule has 3 aromatic rings. The summed E-state index contributed by atoms with van der Waals surface area (Å²) in [6, 6.07) is 15.8. The van der Waals surface area contributed by atoms with E-state index in [1.54, 1.807) is 0 Å². The first-order valence-corrected chi connectivity index (χ1v) is 9.11. The van der Waals surface area contributed by atoms with Gasteiger partial charge in [-0.3, -0.25) is 4.79 Å².